The molecule has 0 spiro atoms. The molecule has 2 rings (SSSR count). The Morgan fingerprint density at radius 3 is 2.67 bits per heavy atom. The number of rotatable bonds is 3. The highest BCUT2D eigenvalue weighted by Gasteiger charge is 2.13. The number of nitrogens with one attached hydrogen (secondary N) is 2. The van der Waals surface area contributed by atoms with Gasteiger partial charge in [-0.25, -0.2) is 0 Å². The van der Waals surface area contributed by atoms with Gasteiger partial charge in [-0.15, -0.1) is 0 Å². The Bertz CT molecular complexity index is 307. The van der Waals surface area contributed by atoms with Gasteiger partial charge in [0.1, 0.15) is 0 Å². The van der Waals surface area contributed by atoms with Crippen molar-refractivity contribution >= 4 is 5.69 Å². The van der Waals surface area contributed by atoms with E-state index in [1.54, 1.807) is 0 Å². The maximum absolute atomic E-state index is 3.56. The van der Waals surface area contributed by atoms with Crippen LogP contribution in [0.2, 0.25) is 0 Å². The summed E-state index contributed by atoms with van der Waals surface area (Å²) in [7, 11) is 0. The van der Waals surface area contributed by atoms with Crippen molar-refractivity contribution in [2.75, 3.05) is 18.4 Å². The molecule has 1 aliphatic heterocycles. The van der Waals surface area contributed by atoms with Crippen LogP contribution in [0, 0.1) is 13.8 Å². The summed E-state index contributed by atoms with van der Waals surface area (Å²) in [5.41, 5.74) is 3.99. The molecule has 1 unspecified atom stereocenters. The van der Waals surface area contributed by atoms with Crippen LogP contribution < -0.4 is 10.6 Å². The van der Waals surface area contributed by atoms with Crippen LogP contribution >= 0.6 is 0 Å². The van der Waals surface area contributed by atoms with Gasteiger partial charge in [0.2, 0.25) is 0 Å². The predicted octanol–water partition coefficient (Wildman–Crippen LogP) is 2.47. The molecule has 1 heterocycles. The number of hydrogen-bond acceptors (Lipinski definition) is 2. The van der Waals surface area contributed by atoms with E-state index in [4.69, 9.17) is 0 Å². The highest BCUT2D eigenvalue weighted by molar-refractivity contribution is 5.56. The summed E-state index contributed by atoms with van der Waals surface area (Å²) in [5, 5.41) is 7.06. The van der Waals surface area contributed by atoms with Crippen LogP contribution in [0.1, 0.15) is 24.0 Å². The molecule has 2 nitrogen and oxygen atoms in total. The fourth-order valence-electron chi connectivity index (χ4n) is 2.25. The quantitative estimate of drug-likeness (QED) is 0.790. The lowest BCUT2D eigenvalue weighted by Crippen LogP contribution is -2.29. The summed E-state index contributed by atoms with van der Waals surface area (Å²) in [6.07, 6.45) is 2.62. The number of hydrogen-bond donors (Lipinski definition) is 2. The minimum Gasteiger partial charge on any atom is -0.383 e. The van der Waals surface area contributed by atoms with Crippen LogP contribution in [0.15, 0.2) is 18.2 Å². The van der Waals surface area contributed by atoms with E-state index in [0.717, 1.165) is 6.54 Å². The van der Waals surface area contributed by atoms with E-state index in [-0.39, 0.29) is 0 Å². The zero-order chi connectivity index (χ0) is 10.7. The van der Waals surface area contributed by atoms with E-state index >= 15 is 0 Å². The van der Waals surface area contributed by atoms with E-state index in [0.29, 0.717) is 6.04 Å². The van der Waals surface area contributed by atoms with Gasteiger partial charge >= 0.3 is 0 Å². The zero-order valence-corrected chi connectivity index (χ0v) is 9.64. The molecule has 0 aliphatic carbocycles. The number of para-hydroxylation sites is 1. The molecule has 1 aromatic rings. The lowest BCUT2D eigenvalue weighted by atomic mass is 10.1. The first-order chi connectivity index (χ1) is 7.27. The first-order valence-electron chi connectivity index (χ1n) is 5.81. The van der Waals surface area contributed by atoms with Gasteiger partial charge in [-0.1, -0.05) is 18.2 Å². The predicted molar refractivity (Wildman–Crippen MR) is 65.4 cm³/mol. The lowest BCUT2D eigenvalue weighted by Gasteiger charge is -2.16. The Kier molecular flexibility index (Phi) is 3.27. The molecular weight excluding hydrogens is 184 g/mol. The summed E-state index contributed by atoms with van der Waals surface area (Å²) in [6.45, 7) is 6.56. The van der Waals surface area contributed by atoms with Crippen molar-refractivity contribution in [3.8, 4) is 0 Å². The van der Waals surface area contributed by atoms with E-state index < -0.39 is 0 Å². The molecule has 0 radical (unpaired) electrons. The number of anilines is 1. The van der Waals surface area contributed by atoms with Gasteiger partial charge in [-0.2, -0.15) is 0 Å². The topological polar surface area (TPSA) is 24.1 Å². The maximum atomic E-state index is 3.56. The summed E-state index contributed by atoms with van der Waals surface area (Å²) in [6, 6.07) is 7.10. The molecule has 2 heteroatoms. The molecule has 0 amide bonds. The third-order valence-corrected chi connectivity index (χ3v) is 3.17. The van der Waals surface area contributed by atoms with Gasteiger partial charge in [-0.05, 0) is 44.4 Å². The molecule has 15 heavy (non-hydrogen) atoms. The van der Waals surface area contributed by atoms with Crippen molar-refractivity contribution in [3.05, 3.63) is 29.3 Å². The van der Waals surface area contributed by atoms with Crippen molar-refractivity contribution in [2.24, 2.45) is 0 Å². The molecule has 1 aliphatic rings. The second-order valence-corrected chi connectivity index (χ2v) is 4.44. The lowest BCUT2D eigenvalue weighted by molar-refractivity contribution is 0.633. The fourth-order valence-corrected chi connectivity index (χ4v) is 2.25. The van der Waals surface area contributed by atoms with Crippen LogP contribution in [0.4, 0.5) is 5.69 Å². The van der Waals surface area contributed by atoms with Crippen molar-refractivity contribution in [1.82, 2.24) is 5.32 Å². The molecule has 2 N–H and O–H groups in total. The summed E-state index contributed by atoms with van der Waals surface area (Å²) >= 11 is 0. The second-order valence-electron chi connectivity index (χ2n) is 4.44. The summed E-state index contributed by atoms with van der Waals surface area (Å²) in [5.74, 6) is 0. The number of benzene rings is 1. The Balaban J connectivity index is 1.97. The largest absolute Gasteiger partial charge is 0.383 e. The SMILES string of the molecule is Cc1cccc(C)c1NCC1CCCN1. The minimum atomic E-state index is 0.656. The molecule has 0 bridgehead atoms. The normalized spacial score (nSPS) is 20.5. The van der Waals surface area contributed by atoms with Crippen LogP contribution in [0.5, 0.6) is 0 Å². The first kappa shape index (κ1) is 10.5. The van der Waals surface area contributed by atoms with Crippen LogP contribution in [0.25, 0.3) is 0 Å². The van der Waals surface area contributed by atoms with Crippen molar-refractivity contribution < 1.29 is 0 Å². The smallest absolute Gasteiger partial charge is 0.0400 e. The zero-order valence-electron chi connectivity index (χ0n) is 9.64. The molecule has 1 aromatic carbocycles. The van der Waals surface area contributed by atoms with Crippen molar-refractivity contribution in [1.29, 1.82) is 0 Å². The average Bonchev–Trinajstić information content (AvgIpc) is 2.70. The maximum Gasteiger partial charge on any atom is 0.0400 e. The summed E-state index contributed by atoms with van der Waals surface area (Å²) in [4.78, 5) is 0. The van der Waals surface area contributed by atoms with Gasteiger partial charge in [0, 0.05) is 18.3 Å². The van der Waals surface area contributed by atoms with Crippen LogP contribution in [-0.2, 0) is 0 Å². The molecule has 1 fully saturated rings. The Morgan fingerprint density at radius 1 is 1.33 bits per heavy atom. The highest BCUT2D eigenvalue weighted by Crippen LogP contribution is 2.19. The number of aryl methyl sites for hydroxylation is 2. The van der Waals surface area contributed by atoms with Gasteiger partial charge in [-0.3, -0.25) is 0 Å². The molecule has 82 valence electrons. The van der Waals surface area contributed by atoms with Gasteiger partial charge in [0.15, 0.2) is 0 Å². The van der Waals surface area contributed by atoms with E-state index in [9.17, 15) is 0 Å². The molecule has 0 aromatic heterocycles. The van der Waals surface area contributed by atoms with Crippen LogP contribution in [0.3, 0.4) is 0 Å². The van der Waals surface area contributed by atoms with E-state index in [2.05, 4.69) is 42.7 Å². The Morgan fingerprint density at radius 2 is 2.07 bits per heavy atom. The molecule has 0 saturated carbocycles. The monoisotopic (exact) mass is 204 g/mol. The van der Waals surface area contributed by atoms with Crippen LogP contribution in [-0.4, -0.2) is 19.1 Å². The van der Waals surface area contributed by atoms with Gasteiger partial charge < -0.3 is 10.6 Å². The first-order valence-corrected chi connectivity index (χ1v) is 5.81. The molecule has 1 saturated heterocycles. The standard InChI is InChI=1S/C13H20N2/c1-10-5-3-6-11(2)13(10)15-9-12-7-4-8-14-12/h3,5-6,12,14-15H,4,7-9H2,1-2H3. The molecule has 1 atom stereocenters. The van der Waals surface area contributed by atoms with Gasteiger partial charge in [0.05, 0.1) is 0 Å². The fraction of sp³-hybridized carbons (Fsp3) is 0.538. The Hall–Kier alpha value is -1.02. The van der Waals surface area contributed by atoms with E-state index in [1.165, 1.54) is 36.2 Å². The highest BCUT2D eigenvalue weighted by atomic mass is 15.0. The Labute approximate surface area is 92.1 Å². The average molecular weight is 204 g/mol. The van der Waals surface area contributed by atoms with Gasteiger partial charge in [0.25, 0.3) is 0 Å². The minimum absolute atomic E-state index is 0.656. The van der Waals surface area contributed by atoms with E-state index in [1.807, 2.05) is 0 Å². The second kappa shape index (κ2) is 4.67. The van der Waals surface area contributed by atoms with Crippen molar-refractivity contribution in [2.45, 2.75) is 32.7 Å². The summed E-state index contributed by atoms with van der Waals surface area (Å²) < 4.78 is 0. The van der Waals surface area contributed by atoms with Crippen molar-refractivity contribution in [3.63, 3.8) is 0 Å². The molecular formula is C13H20N2. The third kappa shape index (κ3) is 2.51. The third-order valence-electron chi connectivity index (χ3n) is 3.17.